The zero-order chi connectivity index (χ0) is 24.3. The Balaban J connectivity index is 1.33. The van der Waals surface area contributed by atoms with Crippen LogP contribution < -0.4 is 9.62 Å². The van der Waals surface area contributed by atoms with Crippen molar-refractivity contribution in [3.8, 4) is 0 Å². The first-order chi connectivity index (χ1) is 16.3. The lowest BCUT2D eigenvalue weighted by Crippen LogP contribution is -2.40. The summed E-state index contributed by atoms with van der Waals surface area (Å²) in [4.78, 5) is 31.5. The highest BCUT2D eigenvalue weighted by atomic mass is 32.2. The smallest absolute Gasteiger partial charge is 0.240 e. The van der Waals surface area contributed by atoms with Crippen molar-refractivity contribution in [2.24, 2.45) is 5.92 Å². The Morgan fingerprint density at radius 2 is 1.76 bits per heavy atom. The molecule has 1 aromatic rings. The molecular formula is C25H38N4O4S. The second-order valence-corrected chi connectivity index (χ2v) is 11.7. The summed E-state index contributed by atoms with van der Waals surface area (Å²) in [5.74, 6) is 0.632. The molecule has 0 aliphatic carbocycles. The SMILES string of the molecule is CCN1CCC[C@H]1CNS(=O)(=O)c1ccc2c(c1)CCN2C(=O)CCC(=O)N1CCC(C)CC1. The summed E-state index contributed by atoms with van der Waals surface area (Å²) in [5.41, 5.74) is 1.62. The van der Waals surface area contributed by atoms with Crippen molar-refractivity contribution in [2.75, 3.05) is 44.2 Å². The van der Waals surface area contributed by atoms with E-state index in [1.165, 1.54) is 0 Å². The number of fused-ring (bicyclic) bond motifs is 1. The zero-order valence-corrected chi connectivity index (χ0v) is 21.3. The number of nitrogens with one attached hydrogen (secondary N) is 1. The molecule has 188 valence electrons. The number of sulfonamides is 1. The Kier molecular flexibility index (Phi) is 7.94. The fourth-order valence-corrected chi connectivity index (χ4v) is 6.52. The van der Waals surface area contributed by atoms with Crippen LogP contribution in [0.2, 0.25) is 0 Å². The third-order valence-corrected chi connectivity index (χ3v) is 9.08. The average Bonchev–Trinajstić information content (AvgIpc) is 3.47. The molecule has 1 atom stereocenters. The van der Waals surface area contributed by atoms with E-state index in [2.05, 4.69) is 23.5 Å². The lowest BCUT2D eigenvalue weighted by molar-refractivity contribution is -0.134. The third-order valence-electron chi connectivity index (χ3n) is 7.66. The molecular weight excluding hydrogens is 452 g/mol. The molecule has 0 bridgehead atoms. The first-order valence-electron chi connectivity index (χ1n) is 12.7. The van der Waals surface area contributed by atoms with E-state index < -0.39 is 10.0 Å². The monoisotopic (exact) mass is 490 g/mol. The van der Waals surface area contributed by atoms with Gasteiger partial charge >= 0.3 is 0 Å². The summed E-state index contributed by atoms with van der Waals surface area (Å²) in [6.07, 6.45) is 5.19. The van der Waals surface area contributed by atoms with Gasteiger partial charge in [-0.3, -0.25) is 14.5 Å². The number of rotatable bonds is 8. The number of anilines is 1. The van der Waals surface area contributed by atoms with Gasteiger partial charge in [0, 0.05) is 50.7 Å². The van der Waals surface area contributed by atoms with Crippen LogP contribution in [0.25, 0.3) is 0 Å². The Morgan fingerprint density at radius 1 is 1.03 bits per heavy atom. The van der Waals surface area contributed by atoms with Gasteiger partial charge in [0.15, 0.2) is 0 Å². The van der Waals surface area contributed by atoms with Gasteiger partial charge in [0.25, 0.3) is 0 Å². The molecule has 2 amide bonds. The summed E-state index contributed by atoms with van der Waals surface area (Å²) >= 11 is 0. The molecule has 3 heterocycles. The fraction of sp³-hybridized carbons (Fsp3) is 0.680. The number of hydrogen-bond donors (Lipinski definition) is 1. The number of benzene rings is 1. The van der Waals surface area contributed by atoms with Gasteiger partial charge in [-0.05, 0) is 74.9 Å². The van der Waals surface area contributed by atoms with E-state index in [9.17, 15) is 18.0 Å². The molecule has 0 unspecified atom stereocenters. The minimum absolute atomic E-state index is 0.0519. The van der Waals surface area contributed by atoms with Gasteiger partial charge in [0.1, 0.15) is 0 Å². The molecule has 4 rings (SSSR count). The van der Waals surface area contributed by atoms with Crippen molar-refractivity contribution in [3.63, 3.8) is 0 Å². The first-order valence-corrected chi connectivity index (χ1v) is 14.2. The predicted octanol–water partition coefficient (Wildman–Crippen LogP) is 2.38. The van der Waals surface area contributed by atoms with Crippen molar-refractivity contribution in [3.05, 3.63) is 23.8 Å². The van der Waals surface area contributed by atoms with Crippen LogP contribution >= 0.6 is 0 Å². The summed E-state index contributed by atoms with van der Waals surface area (Å²) in [6, 6.07) is 5.26. The molecule has 3 aliphatic heterocycles. The van der Waals surface area contributed by atoms with Gasteiger partial charge in [-0.15, -0.1) is 0 Å². The highest BCUT2D eigenvalue weighted by molar-refractivity contribution is 7.89. The van der Waals surface area contributed by atoms with E-state index in [1.807, 2.05) is 4.90 Å². The average molecular weight is 491 g/mol. The number of likely N-dealkylation sites (N-methyl/N-ethyl adjacent to an activating group) is 1. The van der Waals surface area contributed by atoms with E-state index >= 15 is 0 Å². The topological polar surface area (TPSA) is 90.0 Å². The number of hydrogen-bond acceptors (Lipinski definition) is 5. The second kappa shape index (κ2) is 10.7. The summed E-state index contributed by atoms with van der Waals surface area (Å²) < 4.78 is 28.6. The molecule has 8 nitrogen and oxygen atoms in total. The maximum absolute atomic E-state index is 12.9. The van der Waals surface area contributed by atoms with Crippen LogP contribution in [0.3, 0.4) is 0 Å². The Hall–Kier alpha value is -1.97. The maximum Gasteiger partial charge on any atom is 0.240 e. The molecule has 9 heteroatoms. The molecule has 0 aromatic heterocycles. The van der Waals surface area contributed by atoms with Crippen LogP contribution in [-0.4, -0.2) is 75.3 Å². The number of nitrogens with zero attached hydrogens (tertiary/aromatic N) is 3. The van der Waals surface area contributed by atoms with Crippen LogP contribution in [0.5, 0.6) is 0 Å². The van der Waals surface area contributed by atoms with Crippen LogP contribution in [0.4, 0.5) is 5.69 Å². The summed E-state index contributed by atoms with van der Waals surface area (Å²) in [7, 11) is -3.61. The van der Waals surface area contributed by atoms with Crippen molar-refractivity contribution < 1.29 is 18.0 Å². The largest absolute Gasteiger partial charge is 0.343 e. The van der Waals surface area contributed by atoms with Crippen LogP contribution in [0.1, 0.15) is 57.9 Å². The lowest BCUT2D eigenvalue weighted by Gasteiger charge is -2.30. The molecule has 2 saturated heterocycles. The van der Waals surface area contributed by atoms with Gasteiger partial charge in [0.05, 0.1) is 4.90 Å². The number of amides is 2. The van der Waals surface area contributed by atoms with Gasteiger partial charge in [-0.1, -0.05) is 13.8 Å². The number of carbonyl (C=O) groups excluding carboxylic acids is 2. The van der Waals surface area contributed by atoms with Crippen LogP contribution in [0, 0.1) is 5.92 Å². The molecule has 0 saturated carbocycles. The van der Waals surface area contributed by atoms with Gasteiger partial charge in [-0.2, -0.15) is 0 Å². The van der Waals surface area contributed by atoms with Crippen molar-refractivity contribution in [2.45, 2.75) is 69.7 Å². The van der Waals surface area contributed by atoms with Gasteiger partial charge in [0.2, 0.25) is 21.8 Å². The van der Waals surface area contributed by atoms with Crippen molar-refractivity contribution in [1.82, 2.24) is 14.5 Å². The molecule has 2 fully saturated rings. The van der Waals surface area contributed by atoms with Crippen LogP contribution in [0.15, 0.2) is 23.1 Å². The number of piperidine rings is 1. The van der Waals surface area contributed by atoms with E-state index in [1.54, 1.807) is 23.1 Å². The normalized spacial score (nSPS) is 21.8. The van der Waals surface area contributed by atoms with Crippen molar-refractivity contribution >= 4 is 27.5 Å². The third kappa shape index (κ3) is 5.63. The minimum atomic E-state index is -3.61. The molecule has 34 heavy (non-hydrogen) atoms. The molecule has 1 aromatic carbocycles. The first kappa shape index (κ1) is 25.1. The van der Waals surface area contributed by atoms with E-state index in [0.717, 1.165) is 63.1 Å². The second-order valence-electron chi connectivity index (χ2n) is 9.93. The fourth-order valence-electron chi connectivity index (χ4n) is 5.40. The molecule has 3 aliphatic rings. The van der Waals surface area contributed by atoms with E-state index in [-0.39, 0.29) is 35.6 Å². The Morgan fingerprint density at radius 3 is 2.50 bits per heavy atom. The maximum atomic E-state index is 12.9. The number of likely N-dealkylation sites (tertiary alicyclic amines) is 2. The predicted molar refractivity (Wildman–Crippen MR) is 132 cm³/mol. The quantitative estimate of drug-likeness (QED) is 0.604. The molecule has 0 radical (unpaired) electrons. The molecule has 0 spiro atoms. The molecule has 1 N–H and O–H groups in total. The highest BCUT2D eigenvalue weighted by Gasteiger charge is 2.29. The van der Waals surface area contributed by atoms with Crippen LogP contribution in [-0.2, 0) is 26.0 Å². The Labute approximate surface area is 203 Å². The highest BCUT2D eigenvalue weighted by Crippen LogP contribution is 2.31. The number of carbonyl (C=O) groups is 2. The lowest BCUT2D eigenvalue weighted by atomic mass is 9.99. The Bertz CT molecular complexity index is 1000. The summed E-state index contributed by atoms with van der Waals surface area (Å²) in [5, 5.41) is 0. The van der Waals surface area contributed by atoms with Crippen molar-refractivity contribution in [1.29, 1.82) is 0 Å². The van der Waals surface area contributed by atoms with Gasteiger partial charge < -0.3 is 9.80 Å². The van der Waals surface area contributed by atoms with Gasteiger partial charge in [-0.25, -0.2) is 13.1 Å². The zero-order valence-electron chi connectivity index (χ0n) is 20.5. The van der Waals surface area contributed by atoms with E-state index in [0.29, 0.717) is 25.4 Å². The minimum Gasteiger partial charge on any atom is -0.343 e. The standard InChI is InChI=1S/C25H38N4O4S/c1-3-27-13-4-5-21(27)18-26-34(32,33)22-6-7-23-20(17-22)12-16-29(23)25(31)9-8-24(30)28-14-10-19(2)11-15-28/h6-7,17,19,21,26H,3-5,8-16,18H2,1-2H3/t21-/m0/s1. The summed E-state index contributed by atoms with van der Waals surface area (Å²) in [6.45, 7) is 8.76. The van der Waals surface area contributed by atoms with E-state index in [4.69, 9.17) is 0 Å².